The largest absolute Gasteiger partial charge is 0.416 e. The summed E-state index contributed by atoms with van der Waals surface area (Å²) in [5, 5.41) is 2.65. The monoisotopic (exact) mass is 323 g/mol. The molecule has 0 aliphatic heterocycles. The molecular weight excluding hydrogens is 307 g/mol. The lowest BCUT2D eigenvalue weighted by molar-refractivity contribution is -0.137. The number of aromatic amines is 1. The number of aryl methyl sites for hydroxylation is 2. The molecule has 0 bridgehead atoms. The summed E-state index contributed by atoms with van der Waals surface area (Å²) >= 11 is 0. The van der Waals surface area contributed by atoms with Crippen molar-refractivity contribution in [1.29, 1.82) is 0 Å². The van der Waals surface area contributed by atoms with Crippen LogP contribution < -0.4 is 5.32 Å². The molecule has 1 heterocycles. The topological polar surface area (TPSA) is 57.8 Å². The molecule has 0 aliphatic rings. The summed E-state index contributed by atoms with van der Waals surface area (Å²) < 4.78 is 37.3. The van der Waals surface area contributed by atoms with Crippen LogP contribution in [0, 0.1) is 13.8 Å². The molecule has 0 saturated heterocycles. The van der Waals surface area contributed by atoms with Crippen LogP contribution in [0.2, 0.25) is 0 Å². The van der Waals surface area contributed by atoms with Gasteiger partial charge in [-0.2, -0.15) is 13.2 Å². The summed E-state index contributed by atoms with van der Waals surface area (Å²) in [6, 6.07) is 4.58. The van der Waals surface area contributed by atoms with E-state index in [0.29, 0.717) is 11.4 Å². The summed E-state index contributed by atoms with van der Waals surface area (Å²) in [4.78, 5) is 19.0. The van der Waals surface area contributed by atoms with Gasteiger partial charge in [-0.25, -0.2) is 4.98 Å². The third-order valence-electron chi connectivity index (χ3n) is 3.27. The van der Waals surface area contributed by atoms with E-state index in [1.807, 2.05) is 13.8 Å². The maximum Gasteiger partial charge on any atom is 0.416 e. The van der Waals surface area contributed by atoms with Gasteiger partial charge in [-0.3, -0.25) is 4.79 Å². The second kappa shape index (κ2) is 6.68. The summed E-state index contributed by atoms with van der Waals surface area (Å²) in [5.41, 5.74) is 1.60. The zero-order chi connectivity index (χ0) is 17.0. The molecule has 122 valence electrons. The van der Waals surface area contributed by atoms with Crippen LogP contribution in [-0.4, -0.2) is 15.9 Å². The van der Waals surface area contributed by atoms with Gasteiger partial charge in [-0.1, -0.05) is 12.1 Å². The molecule has 0 unspecified atom stereocenters. The number of hydrogen-bond acceptors (Lipinski definition) is 2. The Morgan fingerprint density at radius 3 is 2.43 bits per heavy atom. The van der Waals surface area contributed by atoms with E-state index in [0.717, 1.165) is 23.5 Å². The van der Waals surface area contributed by atoms with E-state index in [9.17, 15) is 18.0 Å². The molecule has 0 aliphatic carbocycles. The van der Waals surface area contributed by atoms with Crippen molar-refractivity contribution in [1.82, 2.24) is 15.3 Å². The number of rotatable bonds is 4. The van der Waals surface area contributed by atoms with Crippen molar-refractivity contribution >= 4 is 12.0 Å². The van der Waals surface area contributed by atoms with E-state index in [1.54, 1.807) is 0 Å². The minimum absolute atomic E-state index is 0.255. The van der Waals surface area contributed by atoms with Crippen LogP contribution in [0.4, 0.5) is 13.2 Å². The van der Waals surface area contributed by atoms with Gasteiger partial charge in [0, 0.05) is 11.8 Å². The van der Waals surface area contributed by atoms with E-state index in [-0.39, 0.29) is 12.5 Å². The number of alkyl halides is 3. The lowest BCUT2D eigenvalue weighted by Crippen LogP contribution is -2.20. The molecule has 0 radical (unpaired) electrons. The molecular formula is C16H16F3N3O. The predicted molar refractivity (Wildman–Crippen MR) is 80.4 cm³/mol. The Bertz CT molecular complexity index is 696. The highest BCUT2D eigenvalue weighted by atomic mass is 19.4. The van der Waals surface area contributed by atoms with Crippen LogP contribution >= 0.6 is 0 Å². The number of aromatic nitrogens is 2. The number of H-pyrrole nitrogens is 1. The number of benzene rings is 1. The molecule has 0 saturated carbocycles. The van der Waals surface area contributed by atoms with Gasteiger partial charge in [0.05, 0.1) is 17.8 Å². The summed E-state index contributed by atoms with van der Waals surface area (Å²) in [7, 11) is 0. The molecule has 1 aromatic carbocycles. The van der Waals surface area contributed by atoms with Gasteiger partial charge in [0.1, 0.15) is 5.82 Å². The van der Waals surface area contributed by atoms with Gasteiger partial charge in [0.15, 0.2) is 0 Å². The summed E-state index contributed by atoms with van der Waals surface area (Å²) in [6.07, 6.45) is -1.64. The van der Waals surface area contributed by atoms with Crippen molar-refractivity contribution in [2.24, 2.45) is 0 Å². The second-order valence-electron chi connectivity index (χ2n) is 5.06. The Labute approximate surface area is 131 Å². The molecule has 2 N–H and O–H groups in total. The Kier molecular flexibility index (Phi) is 4.88. The summed E-state index contributed by atoms with van der Waals surface area (Å²) in [6.45, 7) is 4.00. The number of halogens is 3. The van der Waals surface area contributed by atoms with Crippen molar-refractivity contribution in [3.63, 3.8) is 0 Å². The van der Waals surface area contributed by atoms with Gasteiger partial charge in [0.2, 0.25) is 5.91 Å². The highest BCUT2D eigenvalue weighted by molar-refractivity contribution is 5.91. The SMILES string of the molecule is Cc1nc(CNC(=O)C=Cc2ccc(C(F)(F)F)cc2)[nH]c1C. The molecule has 1 amide bonds. The van der Waals surface area contributed by atoms with Gasteiger partial charge in [-0.05, 0) is 37.6 Å². The fraction of sp³-hybridized carbons (Fsp3) is 0.250. The standard InChI is InChI=1S/C16H16F3N3O/c1-10-11(2)22-14(21-10)9-20-15(23)8-5-12-3-6-13(7-4-12)16(17,18)19/h3-8H,9H2,1-2H3,(H,20,23)(H,21,22). The molecule has 4 nitrogen and oxygen atoms in total. The lowest BCUT2D eigenvalue weighted by atomic mass is 10.1. The molecule has 0 atom stereocenters. The highest BCUT2D eigenvalue weighted by Crippen LogP contribution is 2.29. The number of imidazole rings is 1. The van der Waals surface area contributed by atoms with Crippen LogP contribution in [0.25, 0.3) is 6.08 Å². The zero-order valence-corrected chi connectivity index (χ0v) is 12.7. The summed E-state index contributed by atoms with van der Waals surface area (Å²) in [5.74, 6) is 0.299. The van der Waals surface area contributed by atoms with Crippen molar-refractivity contribution in [2.45, 2.75) is 26.6 Å². The van der Waals surface area contributed by atoms with E-state index in [2.05, 4.69) is 15.3 Å². The Morgan fingerprint density at radius 2 is 1.91 bits per heavy atom. The maximum atomic E-state index is 12.4. The van der Waals surface area contributed by atoms with Crippen LogP contribution in [0.5, 0.6) is 0 Å². The molecule has 0 spiro atoms. The molecule has 2 aromatic rings. The van der Waals surface area contributed by atoms with Crippen molar-refractivity contribution in [2.75, 3.05) is 0 Å². The third kappa shape index (κ3) is 4.70. The predicted octanol–water partition coefficient (Wildman–Crippen LogP) is 3.37. The first-order chi connectivity index (χ1) is 10.8. The Balaban J connectivity index is 1.90. The fourth-order valence-corrected chi connectivity index (χ4v) is 1.89. The van der Waals surface area contributed by atoms with Crippen molar-refractivity contribution < 1.29 is 18.0 Å². The van der Waals surface area contributed by atoms with Crippen LogP contribution in [-0.2, 0) is 17.5 Å². The van der Waals surface area contributed by atoms with Gasteiger partial charge < -0.3 is 10.3 Å². The van der Waals surface area contributed by atoms with Crippen molar-refractivity contribution in [3.8, 4) is 0 Å². The maximum absolute atomic E-state index is 12.4. The molecule has 1 aromatic heterocycles. The van der Waals surface area contributed by atoms with Gasteiger partial charge >= 0.3 is 6.18 Å². The van der Waals surface area contributed by atoms with Crippen LogP contribution in [0.15, 0.2) is 30.3 Å². The smallest absolute Gasteiger partial charge is 0.345 e. The number of hydrogen-bond donors (Lipinski definition) is 2. The van der Waals surface area contributed by atoms with E-state index >= 15 is 0 Å². The molecule has 0 fully saturated rings. The first kappa shape index (κ1) is 16.8. The quantitative estimate of drug-likeness (QED) is 0.848. The first-order valence-corrected chi connectivity index (χ1v) is 6.91. The minimum atomic E-state index is -4.36. The van der Waals surface area contributed by atoms with Gasteiger partial charge in [0.25, 0.3) is 0 Å². The highest BCUT2D eigenvalue weighted by Gasteiger charge is 2.29. The average Bonchev–Trinajstić information content (AvgIpc) is 2.81. The van der Waals surface area contributed by atoms with E-state index in [4.69, 9.17) is 0 Å². The molecule has 7 heteroatoms. The third-order valence-corrected chi connectivity index (χ3v) is 3.27. The normalized spacial score (nSPS) is 11.9. The first-order valence-electron chi connectivity index (χ1n) is 6.91. The second-order valence-corrected chi connectivity index (χ2v) is 5.06. The number of nitrogens with zero attached hydrogens (tertiary/aromatic N) is 1. The Hall–Kier alpha value is -2.57. The Morgan fingerprint density at radius 1 is 1.26 bits per heavy atom. The van der Waals surface area contributed by atoms with E-state index < -0.39 is 11.7 Å². The lowest BCUT2D eigenvalue weighted by Gasteiger charge is -2.05. The zero-order valence-electron chi connectivity index (χ0n) is 12.7. The average molecular weight is 323 g/mol. The fourth-order valence-electron chi connectivity index (χ4n) is 1.89. The number of carbonyl (C=O) groups excluding carboxylic acids is 1. The van der Waals surface area contributed by atoms with Gasteiger partial charge in [-0.15, -0.1) is 0 Å². The van der Waals surface area contributed by atoms with Crippen molar-refractivity contribution in [3.05, 3.63) is 58.7 Å². The number of nitrogens with one attached hydrogen (secondary N) is 2. The van der Waals surface area contributed by atoms with E-state index in [1.165, 1.54) is 24.3 Å². The van der Waals surface area contributed by atoms with Crippen LogP contribution in [0.1, 0.15) is 28.3 Å². The minimum Gasteiger partial charge on any atom is -0.345 e. The molecule has 23 heavy (non-hydrogen) atoms. The van der Waals surface area contributed by atoms with Crippen LogP contribution in [0.3, 0.4) is 0 Å². The number of amides is 1. The number of carbonyl (C=O) groups is 1. The molecule has 2 rings (SSSR count).